The minimum Gasteiger partial charge on any atom is -0.425 e. The highest BCUT2D eigenvalue weighted by Crippen LogP contribution is 2.31. The number of amides is 1. The Balaban J connectivity index is 1.85. The van der Waals surface area contributed by atoms with E-state index in [9.17, 15) is 13.8 Å². The van der Waals surface area contributed by atoms with Crippen LogP contribution in [0.1, 0.15) is 15.9 Å². The fourth-order valence-corrected chi connectivity index (χ4v) is 3.47. The molecule has 0 radical (unpaired) electrons. The van der Waals surface area contributed by atoms with E-state index in [1.54, 1.807) is 23.6 Å². The number of ether oxygens (including phenoxy) is 1. The lowest BCUT2D eigenvalue weighted by Gasteiger charge is -2.06. The largest absolute Gasteiger partial charge is 0.425 e. The molecular formula is C13H10N2O4S2. The summed E-state index contributed by atoms with van der Waals surface area (Å²) in [7, 11) is -1.19. The smallest absolute Gasteiger partial charge is 0.315 e. The van der Waals surface area contributed by atoms with Crippen molar-refractivity contribution in [2.45, 2.75) is 11.4 Å². The fourth-order valence-electron chi connectivity index (χ4n) is 1.94. The van der Waals surface area contributed by atoms with Crippen molar-refractivity contribution in [2.24, 2.45) is 0 Å². The van der Waals surface area contributed by atoms with E-state index in [-0.39, 0.29) is 18.0 Å². The van der Waals surface area contributed by atoms with E-state index in [0.717, 1.165) is 0 Å². The number of thiazole rings is 1. The average Bonchev–Trinajstić information content (AvgIpc) is 3.03. The summed E-state index contributed by atoms with van der Waals surface area (Å²) in [5, 5.41) is 5.02. The van der Waals surface area contributed by atoms with Crippen molar-refractivity contribution in [2.75, 3.05) is 11.6 Å². The third kappa shape index (κ3) is 2.72. The second-order valence-electron chi connectivity index (χ2n) is 4.34. The number of nitrogens with one attached hydrogen (secondary N) is 1. The molecule has 0 spiro atoms. The number of hydrogen-bond acceptors (Lipinski definition) is 6. The summed E-state index contributed by atoms with van der Waals surface area (Å²) in [4.78, 5) is 27.6. The summed E-state index contributed by atoms with van der Waals surface area (Å²) in [5.41, 5.74) is 0.981. The van der Waals surface area contributed by atoms with Crippen molar-refractivity contribution in [3.8, 4) is 5.75 Å². The van der Waals surface area contributed by atoms with Gasteiger partial charge in [-0.2, -0.15) is 0 Å². The molecule has 0 fully saturated rings. The second kappa shape index (κ2) is 5.38. The Labute approximate surface area is 126 Å². The number of esters is 1. The van der Waals surface area contributed by atoms with Crippen molar-refractivity contribution < 1.29 is 18.5 Å². The number of rotatable bonds is 3. The first kappa shape index (κ1) is 13.9. The van der Waals surface area contributed by atoms with Crippen LogP contribution in [-0.4, -0.2) is 27.3 Å². The molecule has 2 aromatic rings. The molecule has 1 aromatic heterocycles. The monoisotopic (exact) mass is 322 g/mol. The molecule has 0 saturated heterocycles. The van der Waals surface area contributed by atoms with Crippen LogP contribution in [0.5, 0.6) is 5.75 Å². The SMILES string of the molecule is CS(=O)c1csc(NC(=O)c2cccc3c2OC(=O)C3)n1. The van der Waals surface area contributed by atoms with E-state index in [1.165, 1.54) is 17.6 Å². The van der Waals surface area contributed by atoms with E-state index < -0.39 is 16.7 Å². The number of carbonyl (C=O) groups is 2. The van der Waals surface area contributed by atoms with Gasteiger partial charge in [-0.05, 0) is 6.07 Å². The minimum absolute atomic E-state index is 0.173. The summed E-state index contributed by atoms with van der Waals surface area (Å²) in [5.74, 6) is -0.483. The maximum Gasteiger partial charge on any atom is 0.315 e. The highest BCUT2D eigenvalue weighted by Gasteiger charge is 2.26. The zero-order chi connectivity index (χ0) is 15.0. The molecule has 0 bridgehead atoms. The van der Waals surface area contributed by atoms with Gasteiger partial charge in [0.25, 0.3) is 5.91 Å². The number of anilines is 1. The number of nitrogens with zero attached hydrogens (tertiary/aromatic N) is 1. The van der Waals surface area contributed by atoms with Crippen molar-refractivity contribution in [3.05, 3.63) is 34.7 Å². The van der Waals surface area contributed by atoms with E-state index in [1.807, 2.05) is 0 Å². The summed E-state index contributed by atoms with van der Waals surface area (Å²) in [6, 6.07) is 5.03. The van der Waals surface area contributed by atoms with Crippen molar-refractivity contribution in [1.82, 2.24) is 4.98 Å². The van der Waals surface area contributed by atoms with Crippen LogP contribution in [0.15, 0.2) is 28.6 Å². The van der Waals surface area contributed by atoms with Gasteiger partial charge in [0.1, 0.15) is 10.8 Å². The summed E-state index contributed by atoms with van der Waals surface area (Å²) in [6.45, 7) is 0. The van der Waals surface area contributed by atoms with Crippen LogP contribution in [-0.2, 0) is 22.0 Å². The average molecular weight is 322 g/mol. The summed E-state index contributed by atoms with van der Waals surface area (Å²) >= 11 is 1.19. The number of benzene rings is 1. The molecule has 0 aliphatic carbocycles. The number of aromatic nitrogens is 1. The lowest BCUT2D eigenvalue weighted by atomic mass is 10.1. The Morgan fingerprint density at radius 3 is 3.00 bits per heavy atom. The van der Waals surface area contributed by atoms with Gasteiger partial charge in [-0.25, -0.2) is 4.98 Å². The summed E-state index contributed by atoms with van der Waals surface area (Å²) < 4.78 is 16.4. The normalized spacial score (nSPS) is 14.4. The van der Waals surface area contributed by atoms with Crippen molar-refractivity contribution >= 4 is 39.1 Å². The molecule has 1 amide bonds. The van der Waals surface area contributed by atoms with Gasteiger partial charge in [0.05, 0.1) is 22.8 Å². The van der Waals surface area contributed by atoms with Crippen molar-refractivity contribution in [1.29, 1.82) is 0 Å². The maximum absolute atomic E-state index is 12.2. The summed E-state index contributed by atoms with van der Waals surface area (Å²) in [6.07, 6.45) is 1.69. The highest BCUT2D eigenvalue weighted by atomic mass is 32.2. The Hall–Kier alpha value is -2.06. The Bertz CT molecular complexity index is 769. The Morgan fingerprint density at radius 1 is 1.48 bits per heavy atom. The number of hydrogen-bond donors (Lipinski definition) is 1. The van der Waals surface area contributed by atoms with Crippen LogP contribution in [0, 0.1) is 0 Å². The van der Waals surface area contributed by atoms with Gasteiger partial charge in [-0.3, -0.25) is 19.1 Å². The van der Waals surface area contributed by atoms with Crippen LogP contribution in [0.2, 0.25) is 0 Å². The van der Waals surface area contributed by atoms with E-state index in [4.69, 9.17) is 4.74 Å². The molecule has 6 nitrogen and oxygen atoms in total. The zero-order valence-electron chi connectivity index (χ0n) is 10.9. The highest BCUT2D eigenvalue weighted by molar-refractivity contribution is 7.84. The maximum atomic E-state index is 12.2. The lowest BCUT2D eigenvalue weighted by molar-refractivity contribution is -0.131. The van der Waals surface area contributed by atoms with E-state index in [2.05, 4.69) is 10.3 Å². The van der Waals surface area contributed by atoms with E-state index >= 15 is 0 Å². The van der Waals surface area contributed by atoms with Gasteiger partial charge in [-0.1, -0.05) is 12.1 Å². The first-order valence-corrected chi connectivity index (χ1v) is 8.41. The number of fused-ring (bicyclic) bond motifs is 1. The first-order chi connectivity index (χ1) is 10.0. The van der Waals surface area contributed by atoms with Crippen LogP contribution >= 0.6 is 11.3 Å². The number of carbonyl (C=O) groups excluding carboxylic acids is 2. The van der Waals surface area contributed by atoms with Gasteiger partial charge < -0.3 is 4.74 Å². The Kier molecular flexibility index (Phi) is 3.56. The molecule has 2 heterocycles. The third-order valence-corrected chi connectivity index (χ3v) is 4.60. The minimum atomic E-state index is -1.19. The van der Waals surface area contributed by atoms with Gasteiger partial charge in [0.2, 0.25) is 0 Å². The molecule has 1 N–H and O–H groups in total. The predicted octanol–water partition coefficient (Wildman–Crippen LogP) is 1.59. The van der Waals surface area contributed by atoms with Crippen LogP contribution in [0.3, 0.4) is 0 Å². The zero-order valence-corrected chi connectivity index (χ0v) is 12.5. The van der Waals surface area contributed by atoms with Gasteiger partial charge >= 0.3 is 5.97 Å². The van der Waals surface area contributed by atoms with Crippen LogP contribution in [0.25, 0.3) is 0 Å². The molecule has 3 rings (SSSR count). The van der Waals surface area contributed by atoms with Gasteiger partial charge in [0.15, 0.2) is 5.13 Å². The van der Waals surface area contributed by atoms with Crippen LogP contribution < -0.4 is 10.1 Å². The molecule has 1 aliphatic rings. The van der Waals surface area contributed by atoms with Crippen molar-refractivity contribution in [3.63, 3.8) is 0 Å². The molecule has 1 atom stereocenters. The molecular weight excluding hydrogens is 312 g/mol. The standard InChI is InChI=1S/C13H10N2O4S2/c1-21(18)9-6-20-13(14-9)15-12(17)8-4-2-3-7-5-10(16)19-11(7)8/h2-4,6H,5H2,1H3,(H,14,15,17). The predicted molar refractivity (Wildman–Crippen MR) is 78.2 cm³/mol. The third-order valence-electron chi connectivity index (χ3n) is 2.89. The van der Waals surface area contributed by atoms with Crippen LogP contribution in [0.4, 0.5) is 5.13 Å². The molecule has 8 heteroatoms. The number of para-hydroxylation sites is 1. The van der Waals surface area contributed by atoms with E-state index in [0.29, 0.717) is 21.5 Å². The molecule has 0 saturated carbocycles. The fraction of sp³-hybridized carbons (Fsp3) is 0.154. The lowest BCUT2D eigenvalue weighted by Crippen LogP contribution is -2.13. The van der Waals surface area contributed by atoms with Gasteiger partial charge in [0, 0.05) is 17.2 Å². The first-order valence-electron chi connectivity index (χ1n) is 5.97. The molecule has 1 aromatic carbocycles. The Morgan fingerprint density at radius 2 is 2.29 bits per heavy atom. The second-order valence-corrected chi connectivity index (χ2v) is 6.53. The van der Waals surface area contributed by atoms with Gasteiger partial charge in [-0.15, -0.1) is 11.3 Å². The molecule has 21 heavy (non-hydrogen) atoms. The quantitative estimate of drug-likeness (QED) is 0.685. The molecule has 1 unspecified atom stereocenters. The molecule has 108 valence electrons. The molecule has 1 aliphatic heterocycles. The topological polar surface area (TPSA) is 85.4 Å².